The number of nitrogens with one attached hydrogen (secondary N) is 6. The van der Waals surface area contributed by atoms with E-state index >= 15 is 0 Å². The van der Waals surface area contributed by atoms with E-state index < -0.39 is 0 Å². The molecule has 7 aromatic heterocycles. The van der Waals surface area contributed by atoms with Gasteiger partial charge in [0.25, 0.3) is 0 Å². The molecule has 9 heterocycles. The first-order valence-electron chi connectivity index (χ1n) is 14.5. The molecule has 0 aliphatic carbocycles. The standard InChI is InChI=1S/C36H26N8/c1-2-26-34(22-10-14-38-18-22)28-5-6-30(43-28)36(24-12-16-40-20-24)32-8-7-31(44-32)35(23-11-15-39-19-23)29-4-3-27(42-29)33(25(1)41-26)21-9-13-37-17-21/h1-20,37-42H. The Morgan fingerprint density at radius 3 is 1.02 bits per heavy atom. The molecule has 0 amide bonds. The van der Waals surface area contributed by atoms with Crippen LogP contribution in [0, 0.1) is 0 Å². The van der Waals surface area contributed by atoms with Crippen LogP contribution in [-0.4, -0.2) is 39.9 Å². The van der Waals surface area contributed by atoms with E-state index in [0.29, 0.717) is 0 Å². The lowest BCUT2D eigenvalue weighted by Crippen LogP contribution is -1.89. The largest absolute Gasteiger partial charge is 0.367 e. The van der Waals surface area contributed by atoms with E-state index in [1.54, 1.807) is 0 Å². The van der Waals surface area contributed by atoms with Crippen molar-refractivity contribution < 1.29 is 0 Å². The van der Waals surface area contributed by atoms with Crippen molar-refractivity contribution in [3.8, 4) is 44.5 Å². The zero-order chi connectivity index (χ0) is 29.0. The maximum atomic E-state index is 5.24. The number of hydrogen-bond donors (Lipinski definition) is 6. The molecule has 0 saturated heterocycles. The van der Waals surface area contributed by atoms with Gasteiger partial charge >= 0.3 is 0 Å². The van der Waals surface area contributed by atoms with E-state index in [2.05, 4.69) is 103 Å². The summed E-state index contributed by atoms with van der Waals surface area (Å²) in [7, 11) is 0. The Hall–Kier alpha value is -6.28. The lowest BCUT2D eigenvalue weighted by atomic mass is 10.1. The van der Waals surface area contributed by atoms with Gasteiger partial charge in [-0.15, -0.1) is 0 Å². The Bertz CT molecular complexity index is 2220. The van der Waals surface area contributed by atoms with Gasteiger partial charge in [0, 0.05) is 116 Å². The lowest BCUT2D eigenvalue weighted by Gasteiger charge is -2.04. The molecule has 0 aromatic carbocycles. The molecule has 210 valence electrons. The first kappa shape index (κ1) is 24.3. The van der Waals surface area contributed by atoms with E-state index in [9.17, 15) is 0 Å². The summed E-state index contributed by atoms with van der Waals surface area (Å²) in [5.41, 5.74) is 15.7. The Balaban J connectivity index is 1.49. The van der Waals surface area contributed by atoms with Gasteiger partial charge in [0.15, 0.2) is 0 Å². The minimum atomic E-state index is 0.862. The molecule has 0 unspecified atom stereocenters. The molecular weight excluding hydrogens is 544 g/mol. The summed E-state index contributed by atoms with van der Waals surface area (Å²) < 4.78 is 0. The third-order valence-electron chi connectivity index (χ3n) is 8.30. The van der Waals surface area contributed by atoms with Crippen LogP contribution in [0.2, 0.25) is 0 Å². The van der Waals surface area contributed by atoms with Crippen LogP contribution >= 0.6 is 0 Å². The molecular formula is C36H26N8. The highest BCUT2D eigenvalue weighted by Crippen LogP contribution is 2.38. The van der Waals surface area contributed by atoms with Gasteiger partial charge in [-0.2, -0.15) is 0 Å². The molecule has 2 aliphatic heterocycles. The predicted octanol–water partition coefficient (Wildman–Crippen LogP) is 8.64. The summed E-state index contributed by atoms with van der Waals surface area (Å²) in [6, 6.07) is 16.9. The minimum Gasteiger partial charge on any atom is -0.367 e. The van der Waals surface area contributed by atoms with Crippen LogP contribution in [0.5, 0.6) is 0 Å². The monoisotopic (exact) mass is 570 g/mol. The topological polar surface area (TPSA) is 121 Å². The molecule has 8 bridgehead atoms. The van der Waals surface area contributed by atoms with Crippen LogP contribution in [0.4, 0.5) is 0 Å². The van der Waals surface area contributed by atoms with Gasteiger partial charge in [0.05, 0.1) is 22.8 Å². The maximum absolute atomic E-state index is 5.24. The number of H-pyrrole nitrogens is 6. The van der Waals surface area contributed by atoms with E-state index in [1.165, 1.54) is 0 Å². The molecule has 44 heavy (non-hydrogen) atoms. The van der Waals surface area contributed by atoms with E-state index in [1.807, 2.05) is 49.6 Å². The quantitative estimate of drug-likeness (QED) is 0.127. The normalized spacial score (nSPS) is 12.4. The van der Waals surface area contributed by atoms with Gasteiger partial charge in [-0.1, -0.05) is 0 Å². The highest BCUT2D eigenvalue weighted by Gasteiger charge is 2.19. The third-order valence-corrected chi connectivity index (χ3v) is 8.30. The zero-order valence-corrected chi connectivity index (χ0v) is 23.4. The van der Waals surface area contributed by atoms with Gasteiger partial charge in [0.2, 0.25) is 0 Å². The molecule has 0 fully saturated rings. The van der Waals surface area contributed by atoms with Crippen LogP contribution in [0.1, 0.15) is 22.8 Å². The molecule has 9 rings (SSSR count). The van der Waals surface area contributed by atoms with Crippen molar-refractivity contribution in [1.29, 1.82) is 0 Å². The fraction of sp³-hybridized carbons (Fsp3) is 0. The molecule has 7 aromatic rings. The molecule has 0 radical (unpaired) electrons. The van der Waals surface area contributed by atoms with Crippen LogP contribution in [-0.2, 0) is 0 Å². The van der Waals surface area contributed by atoms with E-state index in [4.69, 9.17) is 9.97 Å². The predicted molar refractivity (Wildman–Crippen MR) is 178 cm³/mol. The smallest absolute Gasteiger partial charge is 0.0738 e. The second kappa shape index (κ2) is 9.64. The molecule has 8 heteroatoms. The summed E-state index contributed by atoms with van der Waals surface area (Å²) in [4.78, 5) is 30.9. The van der Waals surface area contributed by atoms with E-state index in [-0.39, 0.29) is 0 Å². The number of fused-ring (bicyclic) bond motifs is 8. The van der Waals surface area contributed by atoms with Crippen LogP contribution in [0.15, 0.2) is 98.1 Å². The molecule has 6 N–H and O–H groups in total. The fourth-order valence-corrected chi connectivity index (χ4v) is 6.34. The van der Waals surface area contributed by atoms with Crippen molar-refractivity contribution in [2.45, 2.75) is 0 Å². The number of hydrogen-bond acceptors (Lipinski definition) is 2. The van der Waals surface area contributed by atoms with Gasteiger partial charge in [0.1, 0.15) is 0 Å². The van der Waals surface area contributed by atoms with Crippen molar-refractivity contribution in [2.75, 3.05) is 0 Å². The number of rotatable bonds is 4. The van der Waals surface area contributed by atoms with Crippen molar-refractivity contribution in [2.24, 2.45) is 0 Å². The molecule has 0 spiro atoms. The highest BCUT2D eigenvalue weighted by molar-refractivity contribution is 6.00. The van der Waals surface area contributed by atoms with Crippen LogP contribution < -0.4 is 0 Å². The Morgan fingerprint density at radius 2 is 0.659 bits per heavy atom. The third kappa shape index (κ3) is 3.85. The molecule has 2 aliphatic rings. The number of aromatic amines is 6. The summed E-state index contributed by atoms with van der Waals surface area (Å²) in [6.45, 7) is 0. The SMILES string of the molecule is C1=Cc2nc1c(-c1cc[nH]c1)c1nc(c(-c3cc[nH]c3)c3ccc([nH]3)c(-c3cc[nH]c3)c3ccc([nH]3)c2-c2cc[nH]c2)C=C1. The first-order chi connectivity index (χ1) is 21.8. The van der Waals surface area contributed by atoms with Gasteiger partial charge < -0.3 is 29.9 Å². The Kier molecular flexibility index (Phi) is 5.33. The molecule has 0 atom stereocenters. The summed E-state index contributed by atoms with van der Waals surface area (Å²) in [5.74, 6) is 0. The van der Waals surface area contributed by atoms with Crippen molar-refractivity contribution in [3.63, 3.8) is 0 Å². The fourth-order valence-electron chi connectivity index (χ4n) is 6.34. The van der Waals surface area contributed by atoms with Gasteiger partial charge in [-0.3, -0.25) is 0 Å². The van der Waals surface area contributed by atoms with Crippen LogP contribution in [0.25, 0.3) is 90.9 Å². The second-order valence-electron chi connectivity index (χ2n) is 10.9. The molecule has 8 nitrogen and oxygen atoms in total. The van der Waals surface area contributed by atoms with Crippen molar-refractivity contribution in [3.05, 3.63) is 121 Å². The average Bonchev–Trinajstić information content (AvgIpc) is 3.90. The summed E-state index contributed by atoms with van der Waals surface area (Å²) >= 11 is 0. The Labute approximate surface area is 251 Å². The summed E-state index contributed by atoms with van der Waals surface area (Å²) in [5, 5.41) is 0. The van der Waals surface area contributed by atoms with Gasteiger partial charge in [-0.05, 0) is 72.8 Å². The van der Waals surface area contributed by atoms with Crippen molar-refractivity contribution >= 4 is 46.4 Å². The minimum absolute atomic E-state index is 0.862. The lowest BCUT2D eigenvalue weighted by molar-refractivity contribution is 1.28. The zero-order valence-electron chi connectivity index (χ0n) is 23.4. The van der Waals surface area contributed by atoms with Gasteiger partial charge in [-0.25, -0.2) is 9.97 Å². The second-order valence-corrected chi connectivity index (χ2v) is 10.9. The van der Waals surface area contributed by atoms with E-state index in [0.717, 1.165) is 89.4 Å². The number of nitrogens with zero attached hydrogens (tertiary/aromatic N) is 2. The summed E-state index contributed by atoms with van der Waals surface area (Å²) in [6.07, 6.45) is 24.2. The highest BCUT2D eigenvalue weighted by atomic mass is 14.8. The maximum Gasteiger partial charge on any atom is 0.0738 e. The number of aromatic nitrogens is 8. The van der Waals surface area contributed by atoms with Crippen molar-refractivity contribution in [1.82, 2.24) is 39.9 Å². The average molecular weight is 571 g/mol. The Morgan fingerprint density at radius 1 is 0.341 bits per heavy atom. The first-order valence-corrected chi connectivity index (χ1v) is 14.5. The molecule has 0 saturated carbocycles. The van der Waals surface area contributed by atoms with Crippen LogP contribution in [0.3, 0.4) is 0 Å².